The maximum absolute atomic E-state index is 12.0. The Bertz CT molecular complexity index is 581. The third kappa shape index (κ3) is 6.89. The summed E-state index contributed by atoms with van der Waals surface area (Å²) >= 11 is 0. The molecule has 0 unspecified atom stereocenters. The summed E-state index contributed by atoms with van der Waals surface area (Å²) in [5.74, 6) is 0.120. The second-order valence-corrected chi connectivity index (χ2v) is 8.16. The zero-order chi connectivity index (χ0) is 16.4. The fourth-order valence-electron chi connectivity index (χ4n) is 1.86. The Labute approximate surface area is 133 Å². The number of allylic oxidation sites excluding steroid dienone is 6. The summed E-state index contributed by atoms with van der Waals surface area (Å²) < 4.78 is 23.3. The molecule has 0 saturated heterocycles. The first-order valence-corrected chi connectivity index (χ1v) is 9.36. The molecule has 122 valence electrons. The average Bonchev–Trinajstić information content (AvgIpc) is 2.41. The van der Waals surface area contributed by atoms with Gasteiger partial charge >= 0.3 is 0 Å². The molecule has 0 radical (unpaired) electrons. The van der Waals surface area contributed by atoms with E-state index in [0.717, 1.165) is 12.8 Å². The van der Waals surface area contributed by atoms with Gasteiger partial charge in [-0.25, -0.2) is 8.42 Å². The Kier molecular flexibility index (Phi) is 7.88. The van der Waals surface area contributed by atoms with Gasteiger partial charge < -0.3 is 5.32 Å². The fraction of sp³-hybridized carbons (Fsp3) is 0.471. The van der Waals surface area contributed by atoms with Gasteiger partial charge in [0.15, 0.2) is 9.84 Å². The van der Waals surface area contributed by atoms with E-state index in [0.29, 0.717) is 18.5 Å². The van der Waals surface area contributed by atoms with E-state index >= 15 is 0 Å². The molecular weight excluding hydrogens is 298 g/mol. The highest BCUT2D eigenvalue weighted by Crippen LogP contribution is 2.06. The van der Waals surface area contributed by atoms with Crippen LogP contribution in [0.2, 0.25) is 0 Å². The van der Waals surface area contributed by atoms with Crippen LogP contribution in [0.5, 0.6) is 0 Å². The molecule has 0 aliphatic heterocycles. The summed E-state index contributed by atoms with van der Waals surface area (Å²) in [5.41, 5.74) is 0.614. The Morgan fingerprint density at radius 1 is 1.05 bits per heavy atom. The Balaban J connectivity index is 2.23. The summed E-state index contributed by atoms with van der Waals surface area (Å²) in [6.45, 7) is 3.97. The molecule has 1 rings (SSSR count). The van der Waals surface area contributed by atoms with Crippen molar-refractivity contribution in [2.75, 3.05) is 12.3 Å². The van der Waals surface area contributed by atoms with Crippen LogP contribution in [-0.2, 0) is 14.6 Å². The number of nitrogens with one attached hydrogen (secondary N) is 1. The molecule has 0 spiro atoms. The minimum atomic E-state index is -2.95. The number of amides is 1. The molecule has 1 N–H and O–H groups in total. The molecule has 1 aliphatic carbocycles. The fourth-order valence-corrected chi connectivity index (χ4v) is 2.94. The highest BCUT2D eigenvalue weighted by molar-refractivity contribution is 7.91. The number of sulfone groups is 1. The van der Waals surface area contributed by atoms with Crippen LogP contribution >= 0.6 is 0 Å². The number of rotatable bonds is 8. The van der Waals surface area contributed by atoms with E-state index in [1.807, 2.05) is 30.4 Å². The van der Waals surface area contributed by atoms with Gasteiger partial charge in [-0.3, -0.25) is 4.79 Å². The third-order valence-corrected chi connectivity index (χ3v) is 5.66. The smallest absolute Gasteiger partial charge is 0.251 e. The van der Waals surface area contributed by atoms with E-state index in [4.69, 9.17) is 0 Å². The Morgan fingerprint density at radius 3 is 2.45 bits per heavy atom. The SMILES string of the molecule is CC(C)S(=O)(=O)CCCCCNC(=O)C1=C/C=C\C=C/C=C1. The lowest BCUT2D eigenvalue weighted by Crippen LogP contribution is -2.25. The topological polar surface area (TPSA) is 63.2 Å². The monoisotopic (exact) mass is 323 g/mol. The standard InChI is InChI=1S/C17H25NO3S/c1-15(2)22(20,21)14-10-6-9-13-18-17(19)16-11-7-4-3-5-8-12-16/h3-5,7-8,11-12,15H,6,9-10,13-14H2,1-2H3,(H,18,19)/b4-3-,5-3?,7-4?,8-5-,11-7?,12-8?,16-11?,16-12?. The molecule has 0 fully saturated rings. The highest BCUT2D eigenvalue weighted by atomic mass is 32.2. The van der Waals surface area contributed by atoms with Crippen molar-refractivity contribution >= 4 is 15.7 Å². The molecule has 4 nitrogen and oxygen atoms in total. The normalized spacial score (nSPS) is 17.5. The first-order valence-electron chi connectivity index (χ1n) is 7.65. The van der Waals surface area contributed by atoms with Gasteiger partial charge in [-0.2, -0.15) is 0 Å². The van der Waals surface area contributed by atoms with Gasteiger partial charge in [0, 0.05) is 12.1 Å². The lowest BCUT2D eigenvalue weighted by molar-refractivity contribution is -0.117. The highest BCUT2D eigenvalue weighted by Gasteiger charge is 2.14. The summed E-state index contributed by atoms with van der Waals surface area (Å²) in [7, 11) is -2.95. The van der Waals surface area contributed by atoms with Crippen molar-refractivity contribution in [2.45, 2.75) is 38.4 Å². The largest absolute Gasteiger partial charge is 0.352 e. The summed E-state index contributed by atoms with van der Waals surface area (Å²) in [5, 5.41) is 2.54. The van der Waals surface area contributed by atoms with Crippen molar-refractivity contribution in [1.29, 1.82) is 0 Å². The number of unbranched alkanes of at least 4 members (excludes halogenated alkanes) is 2. The Hall–Kier alpha value is -1.62. The van der Waals surface area contributed by atoms with Crippen molar-refractivity contribution in [2.24, 2.45) is 0 Å². The van der Waals surface area contributed by atoms with Crippen molar-refractivity contribution < 1.29 is 13.2 Å². The van der Waals surface area contributed by atoms with Crippen molar-refractivity contribution in [3.05, 3.63) is 48.1 Å². The molecule has 0 heterocycles. The number of hydrogen-bond donors (Lipinski definition) is 1. The van der Waals surface area contributed by atoms with E-state index < -0.39 is 9.84 Å². The first-order chi connectivity index (χ1) is 10.4. The van der Waals surface area contributed by atoms with Crippen LogP contribution in [0.25, 0.3) is 0 Å². The minimum absolute atomic E-state index is 0.106. The van der Waals surface area contributed by atoms with Gasteiger partial charge in [0.05, 0.1) is 11.0 Å². The van der Waals surface area contributed by atoms with Crippen LogP contribution < -0.4 is 5.32 Å². The molecule has 0 aromatic rings. The van der Waals surface area contributed by atoms with Crippen LogP contribution in [-0.4, -0.2) is 31.9 Å². The second-order valence-electron chi connectivity index (χ2n) is 5.48. The van der Waals surface area contributed by atoms with Crippen LogP contribution in [0.1, 0.15) is 33.1 Å². The molecule has 5 heteroatoms. The van der Waals surface area contributed by atoms with Gasteiger partial charge in [0.2, 0.25) is 0 Å². The summed E-state index contributed by atoms with van der Waals surface area (Å²) in [6.07, 6.45) is 15.0. The maximum Gasteiger partial charge on any atom is 0.251 e. The van der Waals surface area contributed by atoms with Crippen LogP contribution in [0.4, 0.5) is 0 Å². The third-order valence-electron chi connectivity index (χ3n) is 3.37. The van der Waals surface area contributed by atoms with Crippen molar-refractivity contribution in [3.63, 3.8) is 0 Å². The van der Waals surface area contributed by atoms with E-state index in [-0.39, 0.29) is 16.9 Å². The van der Waals surface area contributed by atoms with E-state index in [2.05, 4.69) is 5.32 Å². The zero-order valence-electron chi connectivity index (χ0n) is 13.3. The average molecular weight is 323 g/mol. The lowest BCUT2D eigenvalue weighted by Gasteiger charge is -2.08. The van der Waals surface area contributed by atoms with E-state index in [1.165, 1.54) is 0 Å². The molecule has 0 saturated carbocycles. The quantitative estimate of drug-likeness (QED) is 0.699. The molecule has 0 bridgehead atoms. The van der Waals surface area contributed by atoms with E-state index in [1.54, 1.807) is 26.0 Å². The van der Waals surface area contributed by atoms with Crippen molar-refractivity contribution in [1.82, 2.24) is 5.32 Å². The first kappa shape index (κ1) is 18.4. The van der Waals surface area contributed by atoms with Crippen LogP contribution in [0, 0.1) is 0 Å². The molecule has 0 aromatic carbocycles. The van der Waals surface area contributed by atoms with E-state index in [9.17, 15) is 13.2 Å². The predicted octanol–water partition coefficient (Wildman–Crippen LogP) is 2.70. The molecular formula is C17H25NO3S. The summed E-state index contributed by atoms with van der Waals surface area (Å²) in [6, 6.07) is 0. The molecule has 0 aromatic heterocycles. The lowest BCUT2D eigenvalue weighted by atomic mass is 10.1. The number of carbonyl (C=O) groups is 1. The summed E-state index contributed by atoms with van der Waals surface area (Å²) in [4.78, 5) is 12.0. The van der Waals surface area contributed by atoms with Gasteiger partial charge in [-0.1, -0.05) is 36.8 Å². The maximum atomic E-state index is 12.0. The molecule has 0 atom stereocenters. The van der Waals surface area contributed by atoms with Gasteiger partial charge in [0.25, 0.3) is 5.91 Å². The molecule has 1 aliphatic rings. The van der Waals surface area contributed by atoms with Crippen LogP contribution in [0.3, 0.4) is 0 Å². The zero-order valence-corrected chi connectivity index (χ0v) is 14.1. The van der Waals surface area contributed by atoms with Gasteiger partial charge in [-0.15, -0.1) is 0 Å². The molecule has 22 heavy (non-hydrogen) atoms. The predicted molar refractivity (Wildman–Crippen MR) is 91.3 cm³/mol. The van der Waals surface area contributed by atoms with Gasteiger partial charge in [0.1, 0.15) is 0 Å². The van der Waals surface area contributed by atoms with Crippen molar-refractivity contribution in [3.8, 4) is 0 Å². The Morgan fingerprint density at radius 2 is 1.73 bits per heavy atom. The van der Waals surface area contributed by atoms with Gasteiger partial charge in [-0.05, 0) is 38.8 Å². The number of carbonyl (C=O) groups excluding carboxylic acids is 1. The minimum Gasteiger partial charge on any atom is -0.352 e. The number of hydrogen-bond acceptors (Lipinski definition) is 3. The second kappa shape index (κ2) is 9.41. The molecule has 1 amide bonds. The van der Waals surface area contributed by atoms with Crippen LogP contribution in [0.15, 0.2) is 48.1 Å².